The molecule has 1 aliphatic carbocycles. The van der Waals surface area contributed by atoms with Crippen LogP contribution in [-0.2, 0) is 16.1 Å². The Morgan fingerprint density at radius 3 is 2.47 bits per heavy atom. The van der Waals surface area contributed by atoms with Crippen molar-refractivity contribution in [3.8, 4) is 0 Å². The van der Waals surface area contributed by atoms with Gasteiger partial charge in [-0.25, -0.2) is 8.78 Å². The minimum absolute atomic E-state index is 0.172. The molecule has 0 saturated heterocycles. The zero-order chi connectivity index (χ0) is 26.0. The van der Waals surface area contributed by atoms with E-state index in [1.807, 2.05) is 44.4 Å². The van der Waals surface area contributed by atoms with Crippen molar-refractivity contribution in [1.29, 1.82) is 0 Å². The van der Waals surface area contributed by atoms with Crippen LogP contribution in [0.15, 0.2) is 47.4 Å². The number of nitrogens with zero attached hydrogens (tertiary/aromatic N) is 1. The molecular weight excluding hydrogens is 482 g/mol. The van der Waals surface area contributed by atoms with Crippen molar-refractivity contribution in [1.82, 2.24) is 9.62 Å². The monoisotopic (exact) mass is 520 g/mol. The molecular formula is C27H38F2N4O2S. The molecule has 2 aromatic rings. The van der Waals surface area contributed by atoms with E-state index in [0.29, 0.717) is 0 Å². The molecule has 2 aromatic carbocycles. The number of carbonyl (C=O) groups is 1. The Hall–Kier alpha value is -2.36. The van der Waals surface area contributed by atoms with E-state index in [2.05, 4.69) is 20.4 Å². The van der Waals surface area contributed by atoms with Crippen LogP contribution in [0, 0.1) is 5.82 Å². The molecule has 0 radical (unpaired) electrons. The van der Waals surface area contributed by atoms with Gasteiger partial charge in [-0.1, -0.05) is 18.6 Å². The molecule has 1 aliphatic rings. The van der Waals surface area contributed by atoms with E-state index in [0.717, 1.165) is 78.9 Å². The van der Waals surface area contributed by atoms with Gasteiger partial charge < -0.3 is 10.2 Å². The number of benzene rings is 2. The van der Waals surface area contributed by atoms with Crippen LogP contribution >= 0.6 is 11.9 Å². The number of nitrogens with one attached hydrogen (secondary N) is 3. The summed E-state index contributed by atoms with van der Waals surface area (Å²) in [5.74, 6) is -0.786. The van der Waals surface area contributed by atoms with Crippen LogP contribution in [0.3, 0.4) is 0 Å². The van der Waals surface area contributed by atoms with Gasteiger partial charge in [0.15, 0.2) is 5.67 Å². The minimum Gasteiger partial charge on any atom is -0.381 e. The number of anilines is 2. The number of hydrogen-bond donors (Lipinski definition) is 3. The summed E-state index contributed by atoms with van der Waals surface area (Å²) in [5.41, 5.74) is 3.82. The Balaban J connectivity index is 1.66. The lowest BCUT2D eigenvalue weighted by Crippen LogP contribution is -2.42. The zero-order valence-corrected chi connectivity index (χ0v) is 22.2. The smallest absolute Gasteiger partial charge is 0.267 e. The van der Waals surface area contributed by atoms with Crippen LogP contribution in [0.5, 0.6) is 0 Å². The SMILES string of the molecule is CONc1cc(SNC(=O)C2(F)CCCCC2)ccc1NC(CCc1ccc(F)cc1)CCN(C)C. The molecule has 3 N–H and O–H groups in total. The normalized spacial score (nSPS) is 15.9. The highest BCUT2D eigenvalue weighted by molar-refractivity contribution is 7.98. The number of carbonyl (C=O) groups excluding carboxylic acids is 1. The fourth-order valence-corrected chi connectivity index (χ4v) is 5.06. The van der Waals surface area contributed by atoms with E-state index in [-0.39, 0.29) is 24.7 Å². The second-order valence-electron chi connectivity index (χ2n) is 9.67. The minimum atomic E-state index is -1.77. The lowest BCUT2D eigenvalue weighted by atomic mass is 9.86. The standard InChI is InChI=1S/C27H38F2N4O2S/c1-33(2)18-15-22(12-9-20-7-10-21(28)11-8-20)30-24-14-13-23(19-25(24)31-35-3)36-32-26(34)27(29)16-5-4-6-17-27/h7-8,10-11,13-14,19,22,30-31H,4-6,9,12,15-18H2,1-3H3,(H,32,34). The van der Waals surface area contributed by atoms with E-state index in [9.17, 15) is 13.6 Å². The molecule has 0 heterocycles. The molecule has 0 aliphatic heterocycles. The van der Waals surface area contributed by atoms with Gasteiger partial charge in [0.1, 0.15) is 5.82 Å². The number of hydrogen-bond acceptors (Lipinski definition) is 6. The maximum absolute atomic E-state index is 14.9. The molecule has 1 atom stereocenters. The van der Waals surface area contributed by atoms with E-state index < -0.39 is 11.6 Å². The second-order valence-corrected chi connectivity index (χ2v) is 10.6. The van der Waals surface area contributed by atoms with Crippen molar-refractivity contribution in [2.45, 2.75) is 68.0 Å². The van der Waals surface area contributed by atoms with Gasteiger partial charge in [0.05, 0.1) is 18.5 Å². The summed E-state index contributed by atoms with van der Waals surface area (Å²) in [5, 5.41) is 3.62. The Bertz CT molecular complexity index is 969. The Labute approximate surface area is 217 Å². The van der Waals surface area contributed by atoms with Crippen molar-refractivity contribution < 1.29 is 18.4 Å². The fourth-order valence-electron chi connectivity index (χ4n) is 4.36. The van der Waals surface area contributed by atoms with E-state index in [1.54, 1.807) is 7.11 Å². The summed E-state index contributed by atoms with van der Waals surface area (Å²) in [7, 11) is 5.63. The first kappa shape index (κ1) is 28.2. The molecule has 9 heteroatoms. The summed E-state index contributed by atoms with van der Waals surface area (Å²) in [4.78, 5) is 20.6. The van der Waals surface area contributed by atoms with Crippen LogP contribution in [0.25, 0.3) is 0 Å². The van der Waals surface area contributed by atoms with E-state index in [1.165, 1.54) is 12.1 Å². The third-order valence-corrected chi connectivity index (χ3v) is 7.27. The summed E-state index contributed by atoms with van der Waals surface area (Å²) in [6, 6.07) is 12.5. The fraction of sp³-hybridized carbons (Fsp3) is 0.519. The molecule has 198 valence electrons. The van der Waals surface area contributed by atoms with Crippen LogP contribution in [0.2, 0.25) is 0 Å². The predicted octanol–water partition coefficient (Wildman–Crippen LogP) is 5.96. The molecule has 0 bridgehead atoms. The van der Waals surface area contributed by atoms with Crippen LogP contribution < -0.4 is 15.5 Å². The van der Waals surface area contributed by atoms with Crippen LogP contribution in [0.4, 0.5) is 20.2 Å². The Kier molecular flexibility index (Phi) is 10.8. The summed E-state index contributed by atoms with van der Waals surface area (Å²) in [6.45, 7) is 0.916. The van der Waals surface area contributed by atoms with Gasteiger partial charge in [0.2, 0.25) is 0 Å². The quantitative estimate of drug-likeness (QED) is 0.224. The van der Waals surface area contributed by atoms with Crippen LogP contribution in [-0.4, -0.2) is 50.3 Å². The molecule has 6 nitrogen and oxygen atoms in total. The van der Waals surface area contributed by atoms with E-state index in [4.69, 9.17) is 4.84 Å². The molecule has 1 unspecified atom stereocenters. The van der Waals surface area contributed by atoms with Crippen molar-refractivity contribution in [2.24, 2.45) is 0 Å². The Morgan fingerprint density at radius 2 is 1.81 bits per heavy atom. The molecule has 1 amide bonds. The zero-order valence-electron chi connectivity index (χ0n) is 21.4. The lowest BCUT2D eigenvalue weighted by molar-refractivity contribution is -0.132. The highest BCUT2D eigenvalue weighted by atomic mass is 32.2. The highest BCUT2D eigenvalue weighted by Gasteiger charge is 2.39. The number of rotatable bonds is 13. The van der Waals surface area contributed by atoms with Gasteiger partial charge >= 0.3 is 0 Å². The van der Waals surface area contributed by atoms with Gasteiger partial charge in [-0.2, -0.15) is 0 Å². The van der Waals surface area contributed by atoms with Gasteiger partial charge in [-0.15, -0.1) is 0 Å². The largest absolute Gasteiger partial charge is 0.381 e. The average Bonchev–Trinajstić information content (AvgIpc) is 2.86. The van der Waals surface area contributed by atoms with Gasteiger partial charge in [-0.05, 0) is 113 Å². The third-order valence-electron chi connectivity index (χ3n) is 6.50. The lowest BCUT2D eigenvalue weighted by Gasteiger charge is -2.27. The maximum atomic E-state index is 14.9. The van der Waals surface area contributed by atoms with Gasteiger partial charge in [-0.3, -0.25) is 19.8 Å². The number of amides is 1. The van der Waals surface area contributed by atoms with Crippen molar-refractivity contribution >= 4 is 29.2 Å². The first-order valence-electron chi connectivity index (χ1n) is 12.5. The highest BCUT2D eigenvalue weighted by Crippen LogP contribution is 2.34. The summed E-state index contributed by atoms with van der Waals surface area (Å²) in [6.07, 6.45) is 5.65. The summed E-state index contributed by atoms with van der Waals surface area (Å²) >= 11 is 1.11. The predicted molar refractivity (Wildman–Crippen MR) is 143 cm³/mol. The topological polar surface area (TPSA) is 65.6 Å². The average molecular weight is 521 g/mol. The molecule has 36 heavy (non-hydrogen) atoms. The number of alkyl halides is 1. The van der Waals surface area contributed by atoms with Gasteiger partial charge in [0.25, 0.3) is 5.91 Å². The van der Waals surface area contributed by atoms with E-state index >= 15 is 0 Å². The third kappa shape index (κ3) is 8.64. The summed E-state index contributed by atoms with van der Waals surface area (Å²) < 4.78 is 30.9. The first-order chi connectivity index (χ1) is 17.3. The molecule has 3 rings (SSSR count). The van der Waals surface area contributed by atoms with Crippen molar-refractivity contribution in [3.05, 3.63) is 53.8 Å². The van der Waals surface area contributed by atoms with Crippen LogP contribution in [0.1, 0.15) is 50.5 Å². The molecule has 1 fully saturated rings. The first-order valence-corrected chi connectivity index (χ1v) is 13.4. The van der Waals surface area contributed by atoms with Crippen molar-refractivity contribution in [3.63, 3.8) is 0 Å². The number of aryl methyl sites for hydroxylation is 1. The van der Waals surface area contributed by atoms with Gasteiger partial charge in [0, 0.05) is 10.9 Å². The second kappa shape index (κ2) is 13.8. The van der Waals surface area contributed by atoms with Crippen molar-refractivity contribution in [2.75, 3.05) is 38.5 Å². The Morgan fingerprint density at radius 1 is 1.08 bits per heavy atom. The molecule has 1 saturated carbocycles. The molecule has 0 aromatic heterocycles. The maximum Gasteiger partial charge on any atom is 0.267 e. The molecule has 0 spiro atoms. The number of halogens is 2.